The average molecular weight is 387 g/mol. The van der Waals surface area contributed by atoms with Gasteiger partial charge in [-0.15, -0.1) is 5.10 Å². The maximum Gasteiger partial charge on any atom is 0.433 e. The summed E-state index contributed by atoms with van der Waals surface area (Å²) in [6.45, 7) is 0. The number of alkyl halides is 3. The molecule has 0 aromatic carbocycles. The SMILES string of the molecule is COc1cc(Cl)ncc1NC(=O)c1c(N)nn2ccc(C(F)(F)F)nc12. The number of halogens is 4. The van der Waals surface area contributed by atoms with Crippen molar-refractivity contribution in [2.24, 2.45) is 0 Å². The minimum atomic E-state index is -4.68. The second-order valence-electron chi connectivity index (χ2n) is 5.00. The van der Waals surface area contributed by atoms with Gasteiger partial charge in [0.1, 0.15) is 27.8 Å². The molecule has 136 valence electrons. The van der Waals surface area contributed by atoms with Crippen LogP contribution in [0.4, 0.5) is 24.7 Å². The number of methoxy groups -OCH3 is 1. The van der Waals surface area contributed by atoms with E-state index in [0.29, 0.717) is 0 Å². The molecule has 0 saturated carbocycles. The zero-order valence-corrected chi connectivity index (χ0v) is 13.8. The van der Waals surface area contributed by atoms with Crippen molar-refractivity contribution < 1.29 is 22.7 Å². The lowest BCUT2D eigenvalue weighted by Gasteiger charge is -2.10. The molecule has 26 heavy (non-hydrogen) atoms. The van der Waals surface area contributed by atoms with Gasteiger partial charge in [-0.25, -0.2) is 14.5 Å². The Morgan fingerprint density at radius 2 is 2.15 bits per heavy atom. The van der Waals surface area contributed by atoms with Crippen LogP contribution in [0.25, 0.3) is 5.65 Å². The van der Waals surface area contributed by atoms with Gasteiger partial charge in [-0.3, -0.25) is 4.79 Å². The number of rotatable bonds is 3. The Labute approximate surface area is 148 Å². The van der Waals surface area contributed by atoms with Crippen LogP contribution in [0, 0.1) is 0 Å². The first-order valence-corrected chi connectivity index (χ1v) is 7.31. The Balaban J connectivity index is 2.04. The van der Waals surface area contributed by atoms with Crippen molar-refractivity contribution in [3.8, 4) is 5.75 Å². The standard InChI is InChI=1S/C14H10ClF3N6O2/c1-26-7-4-9(15)20-5-6(7)21-13(25)10-11(19)23-24-3-2-8(14(16,17)18)22-12(10)24/h2-5H,1H3,(H2,19,23)(H,21,25). The highest BCUT2D eigenvalue weighted by molar-refractivity contribution is 6.29. The first kappa shape index (κ1) is 17.7. The second kappa shape index (κ2) is 6.33. The molecule has 3 rings (SSSR count). The Bertz CT molecular complexity index is 1000. The molecule has 0 aliphatic rings. The number of aromatic nitrogens is 4. The largest absolute Gasteiger partial charge is 0.494 e. The Morgan fingerprint density at radius 1 is 1.42 bits per heavy atom. The van der Waals surface area contributed by atoms with E-state index in [4.69, 9.17) is 22.1 Å². The zero-order chi connectivity index (χ0) is 19.1. The van der Waals surface area contributed by atoms with Gasteiger partial charge in [0.2, 0.25) is 0 Å². The molecule has 0 bridgehead atoms. The molecule has 1 amide bonds. The number of hydrogen-bond acceptors (Lipinski definition) is 6. The number of fused-ring (bicyclic) bond motifs is 1. The fourth-order valence-corrected chi connectivity index (χ4v) is 2.33. The van der Waals surface area contributed by atoms with Crippen molar-refractivity contribution in [3.05, 3.63) is 40.9 Å². The smallest absolute Gasteiger partial charge is 0.433 e. The molecule has 0 atom stereocenters. The summed E-state index contributed by atoms with van der Waals surface area (Å²) in [5.74, 6) is -0.903. The third-order valence-electron chi connectivity index (χ3n) is 3.33. The van der Waals surface area contributed by atoms with Crippen LogP contribution >= 0.6 is 11.6 Å². The number of nitrogens with zero attached hydrogens (tertiary/aromatic N) is 4. The Morgan fingerprint density at radius 3 is 2.81 bits per heavy atom. The summed E-state index contributed by atoms with van der Waals surface area (Å²) in [5, 5.41) is 6.37. The van der Waals surface area contributed by atoms with Crippen LogP contribution in [-0.4, -0.2) is 32.6 Å². The van der Waals surface area contributed by atoms with Gasteiger partial charge in [-0.05, 0) is 6.07 Å². The minimum absolute atomic E-state index is 0.131. The average Bonchev–Trinajstić information content (AvgIpc) is 2.90. The van der Waals surface area contributed by atoms with Crippen LogP contribution in [0.2, 0.25) is 5.15 Å². The van der Waals surface area contributed by atoms with Crippen LogP contribution in [0.1, 0.15) is 16.1 Å². The van der Waals surface area contributed by atoms with Gasteiger partial charge in [-0.1, -0.05) is 11.6 Å². The first-order valence-electron chi connectivity index (χ1n) is 6.93. The number of ether oxygens (including phenoxy) is 1. The van der Waals surface area contributed by atoms with Crippen molar-refractivity contribution in [1.29, 1.82) is 0 Å². The lowest BCUT2D eigenvalue weighted by molar-refractivity contribution is -0.141. The summed E-state index contributed by atoms with van der Waals surface area (Å²) >= 11 is 5.74. The molecule has 3 aromatic heterocycles. The van der Waals surface area contributed by atoms with Crippen LogP contribution in [0.15, 0.2) is 24.5 Å². The van der Waals surface area contributed by atoms with E-state index in [9.17, 15) is 18.0 Å². The molecule has 3 N–H and O–H groups in total. The van der Waals surface area contributed by atoms with Crippen molar-refractivity contribution in [3.63, 3.8) is 0 Å². The molecule has 12 heteroatoms. The van der Waals surface area contributed by atoms with Gasteiger partial charge in [0, 0.05) is 12.3 Å². The summed E-state index contributed by atoms with van der Waals surface area (Å²) in [6.07, 6.45) is -2.43. The highest BCUT2D eigenvalue weighted by Crippen LogP contribution is 2.30. The summed E-state index contributed by atoms with van der Waals surface area (Å²) in [7, 11) is 1.35. The highest BCUT2D eigenvalue weighted by Gasteiger charge is 2.33. The Hall–Kier alpha value is -3.08. The minimum Gasteiger partial charge on any atom is -0.494 e. The lowest BCUT2D eigenvalue weighted by atomic mass is 10.2. The number of hydrogen-bond donors (Lipinski definition) is 2. The predicted molar refractivity (Wildman–Crippen MR) is 86.2 cm³/mol. The topological polar surface area (TPSA) is 107 Å². The number of nitrogens with two attached hydrogens (primary N) is 1. The molecular weight excluding hydrogens is 377 g/mol. The monoisotopic (exact) mass is 386 g/mol. The predicted octanol–water partition coefficient (Wildman–Crippen LogP) is 2.64. The summed E-state index contributed by atoms with van der Waals surface area (Å²) in [5.41, 5.74) is 4.00. The van der Waals surface area contributed by atoms with E-state index in [1.54, 1.807) is 0 Å². The Kier molecular flexibility index (Phi) is 4.32. The fourth-order valence-electron chi connectivity index (χ4n) is 2.18. The molecular formula is C14H10ClF3N6O2. The molecule has 3 heterocycles. The van der Waals surface area contributed by atoms with E-state index in [0.717, 1.165) is 16.8 Å². The van der Waals surface area contributed by atoms with Crippen LogP contribution in [0.5, 0.6) is 5.75 Å². The van der Waals surface area contributed by atoms with E-state index >= 15 is 0 Å². The van der Waals surface area contributed by atoms with Gasteiger partial charge >= 0.3 is 6.18 Å². The number of amides is 1. The van der Waals surface area contributed by atoms with Gasteiger partial charge in [0.15, 0.2) is 11.5 Å². The molecule has 0 aliphatic carbocycles. The normalized spacial score (nSPS) is 11.6. The van der Waals surface area contributed by atoms with E-state index in [1.165, 1.54) is 19.4 Å². The molecule has 8 nitrogen and oxygen atoms in total. The first-order chi connectivity index (χ1) is 12.2. The lowest BCUT2D eigenvalue weighted by Crippen LogP contribution is -2.15. The molecule has 0 radical (unpaired) electrons. The summed E-state index contributed by atoms with van der Waals surface area (Å²) in [4.78, 5) is 19.8. The third kappa shape index (κ3) is 3.20. The van der Waals surface area contributed by atoms with Crippen molar-refractivity contribution >= 4 is 34.7 Å². The van der Waals surface area contributed by atoms with Crippen molar-refractivity contribution in [2.75, 3.05) is 18.2 Å². The summed E-state index contributed by atoms with van der Waals surface area (Å²) < 4.78 is 44.7. The number of carbonyl (C=O) groups is 1. The van der Waals surface area contributed by atoms with E-state index in [1.807, 2.05) is 0 Å². The molecule has 3 aromatic rings. The number of anilines is 2. The van der Waals surface area contributed by atoms with Crippen LogP contribution < -0.4 is 15.8 Å². The number of pyridine rings is 1. The number of nitrogen functional groups attached to an aromatic ring is 1. The zero-order valence-electron chi connectivity index (χ0n) is 13.0. The number of carbonyl (C=O) groups excluding carboxylic acids is 1. The summed E-state index contributed by atoms with van der Waals surface area (Å²) in [6, 6.07) is 2.09. The second-order valence-corrected chi connectivity index (χ2v) is 5.39. The third-order valence-corrected chi connectivity index (χ3v) is 3.54. The van der Waals surface area contributed by atoms with E-state index in [2.05, 4.69) is 20.4 Å². The molecule has 0 spiro atoms. The van der Waals surface area contributed by atoms with Crippen LogP contribution in [-0.2, 0) is 6.18 Å². The highest BCUT2D eigenvalue weighted by atomic mass is 35.5. The van der Waals surface area contributed by atoms with E-state index in [-0.39, 0.29) is 33.6 Å². The van der Waals surface area contributed by atoms with Gasteiger partial charge in [0.05, 0.1) is 13.3 Å². The van der Waals surface area contributed by atoms with E-state index < -0.39 is 17.8 Å². The van der Waals surface area contributed by atoms with Crippen LogP contribution in [0.3, 0.4) is 0 Å². The van der Waals surface area contributed by atoms with Gasteiger partial charge in [-0.2, -0.15) is 13.2 Å². The van der Waals surface area contributed by atoms with Gasteiger partial charge < -0.3 is 15.8 Å². The molecule has 0 unspecified atom stereocenters. The maximum absolute atomic E-state index is 12.9. The quantitative estimate of drug-likeness (QED) is 0.670. The molecule has 0 saturated heterocycles. The van der Waals surface area contributed by atoms with Crippen molar-refractivity contribution in [2.45, 2.75) is 6.18 Å². The molecule has 0 aliphatic heterocycles. The fraction of sp³-hybridized carbons (Fsp3) is 0.143. The maximum atomic E-state index is 12.9. The molecule has 0 fully saturated rings. The van der Waals surface area contributed by atoms with Crippen molar-refractivity contribution in [1.82, 2.24) is 19.6 Å². The number of nitrogens with one attached hydrogen (secondary N) is 1. The van der Waals surface area contributed by atoms with Gasteiger partial charge in [0.25, 0.3) is 5.91 Å².